The second-order valence-electron chi connectivity index (χ2n) is 39.2. The van der Waals surface area contributed by atoms with E-state index in [1.165, 1.54) is 0 Å². The van der Waals surface area contributed by atoms with Gasteiger partial charge >= 0.3 is 0 Å². The highest BCUT2D eigenvalue weighted by Gasteiger charge is 2.63. The van der Waals surface area contributed by atoms with E-state index in [0.717, 1.165) is 0 Å². The lowest BCUT2D eigenvalue weighted by Crippen LogP contribution is -2.68. The number of rotatable bonds is 38. The van der Waals surface area contributed by atoms with Gasteiger partial charge in [0.05, 0.1) is 117 Å². The van der Waals surface area contributed by atoms with Crippen LogP contribution < -0.4 is 109 Å². The van der Waals surface area contributed by atoms with Crippen molar-refractivity contribution in [1.29, 1.82) is 0 Å². The van der Waals surface area contributed by atoms with Crippen molar-refractivity contribution in [3.63, 3.8) is 0 Å². The van der Waals surface area contributed by atoms with Crippen LogP contribution in [-0.4, -0.2) is 556 Å². The molecule has 13 rings (SSSR count). The third-order valence-corrected chi connectivity index (χ3v) is 29.0. The molecular formula is C82H158N20O43. The fourth-order valence-corrected chi connectivity index (χ4v) is 19.9. The first-order valence-corrected chi connectivity index (χ1v) is 48.5. The fourth-order valence-electron chi connectivity index (χ4n) is 19.9. The van der Waals surface area contributed by atoms with Crippen molar-refractivity contribution < 1.29 is 212 Å². The smallest absolute Gasteiger partial charge is 0.251 e. The first-order chi connectivity index (χ1) is 68.6. The largest absolute Gasteiger partial charge is 0.394 e. The van der Waals surface area contributed by atoms with E-state index >= 15 is 0 Å². The Labute approximate surface area is 831 Å². The predicted octanol–water partition coefficient (Wildman–Crippen LogP) is -26.2. The maximum absolute atomic E-state index is 12.9. The number of ether oxygens (including phenoxy) is 18. The summed E-state index contributed by atoms with van der Waals surface area (Å²) in [4.78, 5) is 38.3. The van der Waals surface area contributed by atoms with Gasteiger partial charge in [0.2, 0.25) is 5.91 Å². The van der Waals surface area contributed by atoms with Gasteiger partial charge in [-0.15, -0.1) is 0 Å². The molecule has 13 aliphatic rings. The van der Waals surface area contributed by atoms with E-state index in [9.17, 15) is 127 Å². The lowest BCUT2D eigenvalue weighted by Gasteiger charge is -2.47. The first kappa shape index (κ1) is 121. The molecule has 2 amide bonds. The Morgan fingerprint density at radius 2 is 0.634 bits per heavy atom. The Morgan fingerprint density at radius 1 is 0.345 bits per heavy atom. The van der Waals surface area contributed by atoms with Gasteiger partial charge in [-0.2, -0.15) is 0 Å². The van der Waals surface area contributed by atoms with Crippen LogP contribution in [0.3, 0.4) is 0 Å². The summed E-state index contributed by atoms with van der Waals surface area (Å²) >= 11 is 0. The monoisotopic (exact) mass is 2110 g/mol. The topological polar surface area (TPSA) is 1150 Å². The second kappa shape index (κ2) is 53.6. The average Bonchev–Trinajstić information content (AvgIpc) is 1.76. The number of nitrogens with zero attached hydrogens (tertiary/aromatic N) is 1. The molecule has 0 spiro atoms. The van der Waals surface area contributed by atoms with Crippen LogP contribution >= 0.6 is 0 Å². The summed E-state index contributed by atoms with van der Waals surface area (Å²) in [6.07, 6.45) is -59.3. The second-order valence-corrected chi connectivity index (χ2v) is 39.2. The van der Waals surface area contributed by atoms with Gasteiger partial charge < -0.3 is 301 Å². The van der Waals surface area contributed by atoms with E-state index in [0.29, 0.717) is 5.06 Å². The number of aliphatic hydroxyl groups is 21. The van der Waals surface area contributed by atoms with Gasteiger partial charge in [0, 0.05) is 115 Å². The van der Waals surface area contributed by atoms with E-state index in [-0.39, 0.29) is 110 Å². The molecule has 145 heavy (non-hydrogen) atoms. The Bertz CT molecular complexity index is 3940. The highest BCUT2D eigenvalue weighted by molar-refractivity contribution is 5.91. The van der Waals surface area contributed by atoms with Crippen molar-refractivity contribution in [2.24, 2.45) is 115 Å². The van der Waals surface area contributed by atoms with E-state index in [4.69, 9.17) is 188 Å². The molecular weight excluding hydrogens is 1950 g/mol. The number of carbonyl (C=O) groups is 3. The summed E-state index contributed by atoms with van der Waals surface area (Å²) in [7, 11) is 0. The van der Waals surface area contributed by atoms with Gasteiger partial charge in [-0.05, 0) is 31.1 Å². The minimum atomic E-state index is -1.94. The van der Waals surface area contributed by atoms with Crippen LogP contribution in [0.5, 0.6) is 0 Å². The highest BCUT2D eigenvalue weighted by atomic mass is 16.8. The molecule has 13 fully saturated rings. The molecule has 0 aromatic heterocycles. The maximum Gasteiger partial charge on any atom is 0.251 e. The molecule has 2 unspecified atom stereocenters. The fraction of sp³-hybridized carbons (Fsp3) is 0.963. The lowest BCUT2D eigenvalue weighted by molar-refractivity contribution is -0.298. The van der Waals surface area contributed by atoms with Crippen LogP contribution in [-0.2, 0) is 99.6 Å². The van der Waals surface area contributed by atoms with Gasteiger partial charge in [0.25, 0.3) is 5.91 Å². The number of ketones is 1. The number of hydrogen-bond acceptors (Lipinski definition) is 61. The lowest BCUT2D eigenvalue weighted by atomic mass is 9.76. The van der Waals surface area contributed by atoms with Crippen molar-refractivity contribution >= 4 is 17.6 Å². The minimum Gasteiger partial charge on any atom is -0.394 e. The van der Waals surface area contributed by atoms with Crippen LogP contribution in [0, 0.1) is 11.8 Å². The molecule has 9 saturated heterocycles. The van der Waals surface area contributed by atoms with E-state index < -0.39 is 398 Å². The maximum atomic E-state index is 12.9. The van der Waals surface area contributed by atoms with Gasteiger partial charge in [-0.25, -0.2) is 5.06 Å². The molecule has 63 heteroatoms. The number of hydroxylamine groups is 2. The van der Waals surface area contributed by atoms with E-state index in [2.05, 4.69) is 5.32 Å². The molecule has 0 aromatic carbocycles. The third kappa shape index (κ3) is 27.9. The Balaban J connectivity index is 0.000000207. The van der Waals surface area contributed by atoms with Crippen molar-refractivity contribution in [3.8, 4) is 0 Å². The van der Waals surface area contributed by atoms with Gasteiger partial charge in [-0.3, -0.25) is 19.6 Å². The molecule has 9 aliphatic heterocycles. The zero-order chi connectivity index (χ0) is 107. The first-order valence-electron chi connectivity index (χ1n) is 48.5. The van der Waals surface area contributed by atoms with Gasteiger partial charge in [-0.1, -0.05) is 0 Å². The quantitative estimate of drug-likeness (QED) is 0.0202. The van der Waals surface area contributed by atoms with E-state index in [1.54, 1.807) is 0 Å². The molecule has 58 atom stereocenters. The Morgan fingerprint density at radius 3 is 0.931 bits per heavy atom. The normalized spacial score (nSPS) is 49.0. The number of aliphatic hydroxyl groups excluding tert-OH is 20. The molecule has 0 aromatic rings. The third-order valence-electron chi connectivity index (χ3n) is 29.0. The average molecular weight is 2110 g/mol. The number of nitrogens with one attached hydrogen (secondary N) is 1. The zero-order valence-electron chi connectivity index (χ0n) is 79.5. The minimum absolute atomic E-state index is 0.00516. The molecule has 4 aliphatic carbocycles. The molecule has 4 saturated carbocycles. The van der Waals surface area contributed by atoms with Crippen molar-refractivity contribution in [2.75, 3.05) is 78.7 Å². The van der Waals surface area contributed by atoms with Gasteiger partial charge in [0.1, 0.15) is 164 Å². The highest BCUT2D eigenvalue weighted by Crippen LogP contribution is 2.45. The molecule has 0 radical (unpaired) electrons. The molecule has 9 heterocycles. The molecule has 63 nitrogen and oxygen atoms in total. The van der Waals surface area contributed by atoms with Crippen LogP contribution in [0.15, 0.2) is 0 Å². The predicted molar refractivity (Wildman–Crippen MR) is 481 cm³/mol. The number of nitrogens with two attached hydrogens (primary N) is 18. The number of carbonyl (C=O) groups excluding carboxylic acids is 3. The van der Waals surface area contributed by atoms with Crippen LogP contribution in [0.2, 0.25) is 0 Å². The Kier molecular flexibility index (Phi) is 44.9. The summed E-state index contributed by atoms with van der Waals surface area (Å²) < 4.78 is 106. The summed E-state index contributed by atoms with van der Waals surface area (Å²) in [6, 6.07) is -11.9. The summed E-state index contributed by atoms with van der Waals surface area (Å²) in [5.41, 5.74) is 105. The number of hydrogen-bond donors (Lipinski definition) is 41. The SMILES string of the molecule is NCCN(O)C(=O)C[C@@H]1C[C@H](N)[C@@H](O[C@H]2O[C@H](CN)C[C@H](O)[C@H]2N)[C@H](O[C@@H]2O[C@H](CO)[C@@H](O[C@H]3O[C@@H](CN)[C@@H](O)[C@H](O)[C@H]3N)[C@H]2O)[C@H]1O.NC[C@@H]1C[C@H](O)[C@@H](N)[C@@H](O[C@H]2[C@H](O[C@@H]3O[C@H](CO)[C@@H](O[C@H]4O[C@@H](CN)[C@@H](O)[C@H](O)[C@H]4N)[C@H]3O)[C@@H](O)[C@H](CC(=O)C3(O)CC3N)C[C@@H]2N)O1.NC[C@@H]1C[C@H](O)[C@@H](N)[C@@H](O[C@H]2[C@H](O[C@@H]3O[C@H](CO)[C@@H](O[C@H]4O[C@@H](CN)[C@@H](O)[C@H](O)[C@H]4N)[C@H]3O)[C@@H](O)[C@H](NC(=O)[C@@H](O)[C@@H](O)CN)C[C@@H]2N)O1. The summed E-state index contributed by atoms with van der Waals surface area (Å²) in [5.74, 6) is -4.13. The zero-order valence-corrected chi connectivity index (χ0v) is 79.5. The molecule has 844 valence electrons. The van der Waals surface area contributed by atoms with Crippen molar-refractivity contribution in [2.45, 2.75) is 400 Å². The van der Waals surface area contributed by atoms with Crippen LogP contribution in [0.25, 0.3) is 0 Å². The summed E-state index contributed by atoms with van der Waals surface area (Å²) in [6.45, 7) is -3.12. The van der Waals surface area contributed by atoms with E-state index in [1.807, 2.05) is 0 Å². The number of Topliss-reactive ketones (excluding diaryl/α,β-unsaturated/α-hetero) is 1. The Hall–Kier alpha value is -3.71. The standard InChI is InChI=1S/C28H52N6O14.C27H53N7O15.C27H53N7O14/c29-5-9-3-11(36)16(33)25(43-9)46-22-10(31)1-8(2-15(37)28(42)4-14(28)32)18(38)24(22)48-27-21(41)23(13(7-35)45-27)47-26-17(34)20(40)19(39)12(6-30)44-26;28-3-7-1-10(36)14(32)25(44-7)47-21-8(31)2-9(34-24(43)17(39)11(37)4-29)16(38)23(21)49-27-20(42)22(13(6-35)46-27)48-26-15(33)19(41)18(40)12(5-30)45-26;28-1-2-34(42)15(37)4-9-3-11(31)22(46-25-16(32)12(36)5-10(6-29)43-25)24(18(9)38)48-27-21(41)23(14(8-35)45-27)47-26-17(33)20(40)19(39)13(7-30)44-26/h8-14,16-27,35-36,38-42H,1-7,29-34H2;7-23,25-27,35-42H,1-6,28-33H2,(H,34,43);9-14,16-27,35-36,38-42H,1-8,28-33H2/t8-,9-,10-,11-,12-,13+,14?,16+,17+,18-,19+,20+,21+,22+,23+,24+,25+,26+,27-,28?;7-,8-,9+,10-,11-,12-,13+,14+,15+,16-,17-,18+,19+,20+,21+,22+,23+,25+,26+,27-;9-,10-,11-,12-,13-,14+,16+,17+,18-,19+,20+,21+,22+,23+,24+,25+,26+,27-/m000/s1. The number of amides is 2. The van der Waals surface area contributed by atoms with Crippen LogP contribution in [0.1, 0.15) is 57.8 Å². The molecule has 59 N–H and O–H groups in total. The van der Waals surface area contributed by atoms with Gasteiger partial charge in [0.15, 0.2) is 68.5 Å². The van der Waals surface area contributed by atoms with Crippen molar-refractivity contribution in [3.05, 3.63) is 0 Å². The molecule has 0 bridgehead atoms. The van der Waals surface area contributed by atoms with Crippen molar-refractivity contribution in [1.82, 2.24) is 10.4 Å². The van der Waals surface area contributed by atoms with Crippen LogP contribution in [0.4, 0.5) is 0 Å². The summed E-state index contributed by atoms with van der Waals surface area (Å²) in [5, 5.41) is 235.